The van der Waals surface area contributed by atoms with E-state index in [-0.39, 0.29) is 18.3 Å². The molecule has 0 fully saturated rings. The average molecular weight is 412 g/mol. The summed E-state index contributed by atoms with van der Waals surface area (Å²) in [6, 6.07) is 12.1. The van der Waals surface area contributed by atoms with Crippen LogP contribution in [-0.4, -0.2) is 53.4 Å². The van der Waals surface area contributed by atoms with Gasteiger partial charge in [0.2, 0.25) is 11.7 Å². The average Bonchev–Trinajstić information content (AvgIpc) is 3.41. The van der Waals surface area contributed by atoms with Gasteiger partial charge < -0.3 is 10.1 Å². The minimum atomic E-state index is -0.300. The van der Waals surface area contributed by atoms with Crippen LogP contribution in [0.25, 0.3) is 17.1 Å². The van der Waals surface area contributed by atoms with Gasteiger partial charge in [-0.1, -0.05) is 11.6 Å². The number of hydrogen-bond donors (Lipinski definition) is 1. The van der Waals surface area contributed by atoms with Crippen molar-refractivity contribution < 1.29 is 9.53 Å². The predicted molar refractivity (Wildman–Crippen MR) is 103 cm³/mol. The largest absolute Gasteiger partial charge is 0.497 e. The Bertz CT molecular complexity index is 1130. The lowest BCUT2D eigenvalue weighted by Gasteiger charge is -2.06. The normalized spacial score (nSPS) is 10.7. The van der Waals surface area contributed by atoms with Gasteiger partial charge in [-0.25, -0.2) is 0 Å². The lowest BCUT2D eigenvalue weighted by atomic mass is 10.1. The number of hydrogen-bond acceptors (Lipinski definition) is 8. The number of benzene rings is 2. The summed E-state index contributed by atoms with van der Waals surface area (Å²) in [7, 11) is 1.58. The van der Waals surface area contributed by atoms with E-state index in [1.807, 2.05) is 0 Å². The van der Waals surface area contributed by atoms with Crippen LogP contribution >= 0.6 is 11.6 Å². The Hall–Kier alpha value is -3.86. The summed E-state index contributed by atoms with van der Waals surface area (Å²) in [4.78, 5) is 13.5. The van der Waals surface area contributed by atoms with Crippen LogP contribution in [0.2, 0.25) is 5.02 Å². The maximum atomic E-state index is 12.3. The van der Waals surface area contributed by atoms with Gasteiger partial charge >= 0.3 is 0 Å². The number of nitrogens with zero attached hydrogens (tertiary/aromatic N) is 8. The second kappa shape index (κ2) is 8.02. The van der Waals surface area contributed by atoms with E-state index >= 15 is 0 Å². The van der Waals surface area contributed by atoms with E-state index in [0.29, 0.717) is 27.7 Å². The maximum absolute atomic E-state index is 12.3. The highest BCUT2D eigenvalue weighted by atomic mass is 35.5. The summed E-state index contributed by atoms with van der Waals surface area (Å²) < 4.78 is 6.55. The van der Waals surface area contributed by atoms with Gasteiger partial charge in [0, 0.05) is 10.7 Å². The molecule has 0 bridgehead atoms. The van der Waals surface area contributed by atoms with Gasteiger partial charge in [0.15, 0.2) is 0 Å². The fourth-order valence-electron chi connectivity index (χ4n) is 2.58. The van der Waals surface area contributed by atoms with E-state index in [0.717, 1.165) is 0 Å². The lowest BCUT2D eigenvalue weighted by Crippen LogP contribution is -2.20. The van der Waals surface area contributed by atoms with Crippen LogP contribution in [0.5, 0.6) is 5.75 Å². The smallest absolute Gasteiger partial charge is 0.248 e. The highest BCUT2D eigenvalue weighted by Gasteiger charge is 2.15. The molecule has 0 aliphatic heterocycles. The van der Waals surface area contributed by atoms with Gasteiger partial charge in [0.05, 0.1) is 18.4 Å². The van der Waals surface area contributed by atoms with Gasteiger partial charge in [-0.2, -0.15) is 9.48 Å². The highest BCUT2D eigenvalue weighted by Crippen LogP contribution is 2.26. The predicted octanol–water partition coefficient (Wildman–Crippen LogP) is 1.62. The standard InChI is InChI=1S/C17H14ClN9O2/c1-29-13-5-3-12(4-6-13)20-16(28)9-27-22-17(21-24-27)14-8-11(18)2-7-15(14)26-10-19-23-25-26/h2-8,10H,9H2,1H3,(H,20,28). The molecule has 4 aromatic rings. The van der Waals surface area contributed by atoms with Gasteiger partial charge in [-0.05, 0) is 58.1 Å². The first-order valence-electron chi connectivity index (χ1n) is 8.37. The molecule has 0 saturated carbocycles. The molecule has 4 rings (SSSR count). The molecule has 0 radical (unpaired) electrons. The summed E-state index contributed by atoms with van der Waals surface area (Å²) in [6.07, 6.45) is 1.44. The number of methoxy groups -OCH3 is 1. The molecule has 0 saturated heterocycles. The minimum absolute atomic E-state index is 0.111. The monoisotopic (exact) mass is 411 g/mol. The first-order chi connectivity index (χ1) is 14.1. The molecule has 0 unspecified atom stereocenters. The topological polar surface area (TPSA) is 126 Å². The zero-order valence-electron chi connectivity index (χ0n) is 15.1. The Kier molecular flexibility index (Phi) is 5.12. The molecule has 0 aliphatic carbocycles. The van der Waals surface area contributed by atoms with Gasteiger partial charge in [0.25, 0.3) is 0 Å². The van der Waals surface area contributed by atoms with Crippen LogP contribution < -0.4 is 10.1 Å². The van der Waals surface area contributed by atoms with E-state index in [1.54, 1.807) is 49.6 Å². The zero-order chi connectivity index (χ0) is 20.2. The van der Waals surface area contributed by atoms with E-state index in [1.165, 1.54) is 15.8 Å². The third kappa shape index (κ3) is 4.19. The number of aromatic nitrogens is 8. The van der Waals surface area contributed by atoms with E-state index in [4.69, 9.17) is 16.3 Å². The van der Waals surface area contributed by atoms with Crippen LogP contribution in [-0.2, 0) is 11.3 Å². The number of halogens is 1. The molecule has 146 valence electrons. The minimum Gasteiger partial charge on any atom is -0.497 e. The summed E-state index contributed by atoms with van der Waals surface area (Å²) in [5.74, 6) is 0.687. The van der Waals surface area contributed by atoms with Crippen molar-refractivity contribution in [1.82, 2.24) is 40.4 Å². The van der Waals surface area contributed by atoms with E-state index in [9.17, 15) is 4.79 Å². The third-order valence-electron chi connectivity index (χ3n) is 3.91. The summed E-state index contributed by atoms with van der Waals surface area (Å²) in [5, 5.41) is 26.6. The highest BCUT2D eigenvalue weighted by molar-refractivity contribution is 6.31. The fourth-order valence-corrected chi connectivity index (χ4v) is 2.75. The SMILES string of the molecule is COc1ccc(NC(=O)Cn2nnc(-c3cc(Cl)ccc3-n3cnnn3)n2)cc1. The number of rotatable bonds is 6. The second-order valence-corrected chi connectivity index (χ2v) is 6.27. The fraction of sp³-hybridized carbons (Fsp3) is 0.118. The molecule has 11 nitrogen and oxygen atoms in total. The molecule has 2 aromatic carbocycles. The van der Waals surface area contributed by atoms with Crippen molar-refractivity contribution >= 4 is 23.2 Å². The Morgan fingerprint density at radius 3 is 2.72 bits per heavy atom. The molecule has 1 amide bonds. The van der Waals surface area contributed by atoms with Crippen molar-refractivity contribution in [2.45, 2.75) is 6.54 Å². The third-order valence-corrected chi connectivity index (χ3v) is 4.14. The molecule has 0 aliphatic rings. The number of ether oxygens (including phenoxy) is 1. The van der Waals surface area contributed by atoms with Crippen molar-refractivity contribution in [2.24, 2.45) is 0 Å². The van der Waals surface area contributed by atoms with E-state index in [2.05, 4.69) is 36.3 Å². The van der Waals surface area contributed by atoms with Crippen LogP contribution in [0, 0.1) is 0 Å². The van der Waals surface area contributed by atoms with Crippen molar-refractivity contribution in [2.75, 3.05) is 12.4 Å². The quantitative estimate of drug-likeness (QED) is 0.507. The van der Waals surface area contributed by atoms with Crippen LogP contribution in [0.4, 0.5) is 5.69 Å². The Morgan fingerprint density at radius 2 is 2.00 bits per heavy atom. The Labute approximate surface area is 169 Å². The molecule has 2 aromatic heterocycles. The molecule has 0 atom stereocenters. The van der Waals surface area contributed by atoms with Crippen molar-refractivity contribution in [3.05, 3.63) is 53.8 Å². The first-order valence-corrected chi connectivity index (χ1v) is 8.75. The molecule has 29 heavy (non-hydrogen) atoms. The number of carbonyl (C=O) groups is 1. The number of tetrazole rings is 2. The molecular formula is C17H14ClN9O2. The lowest BCUT2D eigenvalue weighted by molar-refractivity contribution is -0.117. The summed E-state index contributed by atoms with van der Waals surface area (Å²) in [6.45, 7) is -0.111. The summed E-state index contributed by atoms with van der Waals surface area (Å²) >= 11 is 6.11. The van der Waals surface area contributed by atoms with Gasteiger partial charge in [0.1, 0.15) is 18.6 Å². The molecule has 12 heteroatoms. The number of carbonyl (C=O) groups excluding carboxylic acids is 1. The zero-order valence-corrected chi connectivity index (χ0v) is 15.9. The van der Waals surface area contributed by atoms with Gasteiger partial charge in [-0.15, -0.1) is 15.3 Å². The first kappa shape index (κ1) is 18.5. The van der Waals surface area contributed by atoms with Crippen molar-refractivity contribution in [1.29, 1.82) is 0 Å². The maximum Gasteiger partial charge on any atom is 0.248 e. The Balaban J connectivity index is 1.51. The van der Waals surface area contributed by atoms with Crippen LogP contribution in [0.15, 0.2) is 48.8 Å². The second-order valence-electron chi connectivity index (χ2n) is 5.84. The van der Waals surface area contributed by atoms with Crippen LogP contribution in [0.1, 0.15) is 0 Å². The molecule has 1 N–H and O–H groups in total. The molecular weight excluding hydrogens is 398 g/mol. The van der Waals surface area contributed by atoms with E-state index < -0.39 is 0 Å². The molecule has 0 spiro atoms. The van der Waals surface area contributed by atoms with Crippen LogP contribution in [0.3, 0.4) is 0 Å². The van der Waals surface area contributed by atoms with Gasteiger partial charge in [-0.3, -0.25) is 4.79 Å². The van der Waals surface area contributed by atoms with Crippen molar-refractivity contribution in [3.63, 3.8) is 0 Å². The number of anilines is 1. The Morgan fingerprint density at radius 1 is 1.17 bits per heavy atom. The number of amides is 1. The number of nitrogens with one attached hydrogen (secondary N) is 1. The summed E-state index contributed by atoms with van der Waals surface area (Å²) in [5.41, 5.74) is 1.83. The van der Waals surface area contributed by atoms with Crippen molar-refractivity contribution in [3.8, 4) is 22.8 Å². The molecule has 2 heterocycles.